The maximum absolute atomic E-state index is 6.44. The van der Waals surface area contributed by atoms with Crippen LogP contribution in [0.2, 0.25) is 0 Å². The van der Waals surface area contributed by atoms with Crippen molar-refractivity contribution in [2.45, 2.75) is 19.3 Å². The standard InChI is InChI=1S/C59H40N2O/c1-59(2)51-29-16-28-43(57(51)50-32-39-21-9-10-22-40(39)33-52(50)59)41-23-15-24-42(31-41)53-36-54(61-58(60-53)38-19-7-4-8-20-38)45-26-12-11-25-44(45)48-34-49-46-27-13-14-30-55(46)62-56(49)35-47(48)37-17-5-3-6-18-37/h3-36H,1-2H3. The highest BCUT2D eigenvalue weighted by Crippen LogP contribution is 2.53. The molecule has 0 N–H and O–H groups in total. The third-order valence-electron chi connectivity index (χ3n) is 12.9. The Labute approximate surface area is 360 Å². The minimum absolute atomic E-state index is 0.128. The summed E-state index contributed by atoms with van der Waals surface area (Å²) >= 11 is 0. The Morgan fingerprint density at radius 3 is 1.81 bits per heavy atom. The number of fused-ring (bicyclic) bond motifs is 7. The van der Waals surface area contributed by atoms with Gasteiger partial charge in [0.25, 0.3) is 0 Å². The Kier molecular flexibility index (Phi) is 8.20. The Bertz CT molecular complexity index is 3540. The quantitative estimate of drug-likeness (QED) is 0.168. The van der Waals surface area contributed by atoms with Gasteiger partial charge >= 0.3 is 0 Å². The van der Waals surface area contributed by atoms with Crippen molar-refractivity contribution >= 4 is 32.7 Å². The molecule has 0 saturated carbocycles. The highest BCUT2D eigenvalue weighted by atomic mass is 16.3. The molecule has 0 atom stereocenters. The van der Waals surface area contributed by atoms with Gasteiger partial charge in [0.15, 0.2) is 5.82 Å². The summed E-state index contributed by atoms with van der Waals surface area (Å²) in [4.78, 5) is 10.7. The number of rotatable bonds is 6. The van der Waals surface area contributed by atoms with Crippen molar-refractivity contribution < 1.29 is 4.42 Å². The van der Waals surface area contributed by atoms with Crippen molar-refractivity contribution in [2.75, 3.05) is 0 Å². The van der Waals surface area contributed by atoms with Crippen molar-refractivity contribution in [3.05, 3.63) is 217 Å². The third kappa shape index (κ3) is 5.81. The summed E-state index contributed by atoms with van der Waals surface area (Å²) in [5.41, 5.74) is 18.5. The summed E-state index contributed by atoms with van der Waals surface area (Å²) in [6.07, 6.45) is 0. The smallest absolute Gasteiger partial charge is 0.160 e. The van der Waals surface area contributed by atoms with E-state index in [0.717, 1.165) is 77.8 Å². The molecule has 3 nitrogen and oxygen atoms in total. The summed E-state index contributed by atoms with van der Waals surface area (Å²) in [7, 11) is 0. The Morgan fingerprint density at radius 2 is 0.984 bits per heavy atom. The molecular formula is C59H40N2O. The zero-order valence-electron chi connectivity index (χ0n) is 34.4. The number of hydrogen-bond acceptors (Lipinski definition) is 3. The Morgan fingerprint density at radius 1 is 0.355 bits per heavy atom. The van der Waals surface area contributed by atoms with E-state index in [-0.39, 0.29) is 5.41 Å². The van der Waals surface area contributed by atoms with Crippen molar-refractivity contribution in [3.63, 3.8) is 0 Å². The Hall–Kier alpha value is -7.88. The van der Waals surface area contributed by atoms with Crippen LogP contribution < -0.4 is 0 Å². The van der Waals surface area contributed by atoms with E-state index in [1.165, 1.54) is 38.6 Å². The van der Waals surface area contributed by atoms with E-state index in [0.29, 0.717) is 5.82 Å². The molecule has 9 aromatic carbocycles. The first-order chi connectivity index (χ1) is 30.5. The molecule has 11 aromatic rings. The number of para-hydroxylation sites is 1. The van der Waals surface area contributed by atoms with Gasteiger partial charge in [0.1, 0.15) is 11.2 Å². The summed E-state index contributed by atoms with van der Waals surface area (Å²) < 4.78 is 6.44. The van der Waals surface area contributed by atoms with Gasteiger partial charge in [-0.2, -0.15) is 0 Å². The SMILES string of the molecule is CC1(C)c2cc3ccccc3cc2-c2c(-c3cccc(-c4cc(-c5ccccc5-c5cc6c(cc5-c5ccccc5)oc5ccccc56)nc(-c5ccccc5)n4)c3)cccc21. The molecule has 62 heavy (non-hydrogen) atoms. The molecule has 0 aliphatic heterocycles. The van der Waals surface area contributed by atoms with Gasteiger partial charge in [0, 0.05) is 32.9 Å². The van der Waals surface area contributed by atoms with Crippen LogP contribution in [0.1, 0.15) is 25.0 Å². The average molecular weight is 793 g/mol. The largest absolute Gasteiger partial charge is 0.456 e. The van der Waals surface area contributed by atoms with Gasteiger partial charge in [0.05, 0.1) is 11.4 Å². The van der Waals surface area contributed by atoms with E-state index in [1.807, 2.05) is 18.2 Å². The molecule has 3 heteroatoms. The predicted octanol–water partition coefficient (Wildman–Crippen LogP) is 15.8. The monoisotopic (exact) mass is 792 g/mol. The summed E-state index contributed by atoms with van der Waals surface area (Å²) in [6, 6.07) is 73.7. The van der Waals surface area contributed by atoms with Crippen LogP contribution in [0.25, 0.3) is 111 Å². The lowest BCUT2D eigenvalue weighted by Gasteiger charge is -2.22. The highest BCUT2D eigenvalue weighted by Gasteiger charge is 2.37. The minimum Gasteiger partial charge on any atom is -0.456 e. The Balaban J connectivity index is 1.05. The molecule has 0 amide bonds. The lowest BCUT2D eigenvalue weighted by atomic mass is 9.81. The molecule has 2 aromatic heterocycles. The molecule has 0 fully saturated rings. The van der Waals surface area contributed by atoms with Crippen molar-refractivity contribution in [1.82, 2.24) is 9.97 Å². The van der Waals surface area contributed by atoms with Crippen LogP contribution in [-0.2, 0) is 5.41 Å². The molecule has 0 unspecified atom stereocenters. The number of nitrogens with zero attached hydrogens (tertiary/aromatic N) is 2. The van der Waals surface area contributed by atoms with Gasteiger partial charge in [-0.05, 0) is 109 Å². The molecule has 2 heterocycles. The first kappa shape index (κ1) is 36.0. The zero-order chi connectivity index (χ0) is 41.4. The topological polar surface area (TPSA) is 38.9 Å². The molecule has 0 bridgehead atoms. The average Bonchev–Trinajstić information content (AvgIpc) is 3.81. The van der Waals surface area contributed by atoms with E-state index < -0.39 is 0 Å². The molecular weight excluding hydrogens is 753 g/mol. The maximum atomic E-state index is 6.44. The third-order valence-corrected chi connectivity index (χ3v) is 12.9. The molecule has 0 spiro atoms. The van der Waals surface area contributed by atoms with E-state index >= 15 is 0 Å². The minimum atomic E-state index is -0.128. The van der Waals surface area contributed by atoms with E-state index in [4.69, 9.17) is 14.4 Å². The molecule has 1 aliphatic carbocycles. The fraction of sp³-hybridized carbons (Fsp3) is 0.0508. The van der Waals surface area contributed by atoms with Gasteiger partial charge in [-0.25, -0.2) is 9.97 Å². The van der Waals surface area contributed by atoms with Crippen molar-refractivity contribution in [3.8, 4) is 78.4 Å². The lowest BCUT2D eigenvalue weighted by Crippen LogP contribution is -2.14. The van der Waals surface area contributed by atoms with Crippen LogP contribution in [0.15, 0.2) is 211 Å². The zero-order valence-corrected chi connectivity index (χ0v) is 34.4. The van der Waals surface area contributed by atoms with Crippen LogP contribution in [0.3, 0.4) is 0 Å². The summed E-state index contributed by atoms with van der Waals surface area (Å²) in [5, 5.41) is 4.72. The fourth-order valence-corrected chi connectivity index (χ4v) is 9.80. The molecule has 1 aliphatic rings. The maximum Gasteiger partial charge on any atom is 0.160 e. The highest BCUT2D eigenvalue weighted by molar-refractivity contribution is 6.09. The van der Waals surface area contributed by atoms with Crippen LogP contribution >= 0.6 is 0 Å². The first-order valence-electron chi connectivity index (χ1n) is 21.3. The van der Waals surface area contributed by atoms with E-state index in [1.54, 1.807) is 0 Å². The number of hydrogen-bond donors (Lipinski definition) is 0. The first-order valence-corrected chi connectivity index (χ1v) is 21.3. The van der Waals surface area contributed by atoms with E-state index in [2.05, 4.69) is 202 Å². The van der Waals surface area contributed by atoms with Crippen molar-refractivity contribution in [1.29, 1.82) is 0 Å². The van der Waals surface area contributed by atoms with Gasteiger partial charge < -0.3 is 4.42 Å². The van der Waals surface area contributed by atoms with Crippen LogP contribution in [-0.4, -0.2) is 9.97 Å². The number of benzene rings is 9. The molecule has 12 rings (SSSR count). The summed E-state index contributed by atoms with van der Waals surface area (Å²) in [6.45, 7) is 4.71. The van der Waals surface area contributed by atoms with Crippen LogP contribution in [0.4, 0.5) is 0 Å². The summed E-state index contributed by atoms with van der Waals surface area (Å²) in [5.74, 6) is 0.682. The normalized spacial score (nSPS) is 12.8. The van der Waals surface area contributed by atoms with Gasteiger partial charge in [0.2, 0.25) is 0 Å². The fourth-order valence-electron chi connectivity index (χ4n) is 9.80. The lowest BCUT2D eigenvalue weighted by molar-refractivity contribution is 0.661. The second-order valence-corrected chi connectivity index (χ2v) is 16.9. The van der Waals surface area contributed by atoms with Crippen molar-refractivity contribution in [2.24, 2.45) is 0 Å². The van der Waals surface area contributed by atoms with Gasteiger partial charge in [-0.3, -0.25) is 0 Å². The molecule has 292 valence electrons. The predicted molar refractivity (Wildman–Crippen MR) is 257 cm³/mol. The number of furan rings is 1. The molecule has 0 saturated heterocycles. The number of aromatic nitrogens is 2. The van der Waals surface area contributed by atoms with E-state index in [9.17, 15) is 0 Å². The van der Waals surface area contributed by atoms with Gasteiger partial charge in [-0.15, -0.1) is 0 Å². The van der Waals surface area contributed by atoms with Crippen LogP contribution in [0, 0.1) is 0 Å². The van der Waals surface area contributed by atoms with Crippen LogP contribution in [0.5, 0.6) is 0 Å². The second kappa shape index (κ2) is 14.1. The second-order valence-electron chi connectivity index (χ2n) is 16.9. The molecule has 0 radical (unpaired) electrons. The van der Waals surface area contributed by atoms with Gasteiger partial charge in [-0.1, -0.05) is 178 Å².